The van der Waals surface area contributed by atoms with Gasteiger partial charge in [0.1, 0.15) is 17.1 Å². The van der Waals surface area contributed by atoms with Crippen molar-refractivity contribution in [1.82, 2.24) is 5.32 Å². The van der Waals surface area contributed by atoms with E-state index in [0.717, 1.165) is 48.6 Å². The van der Waals surface area contributed by atoms with Crippen LogP contribution in [0, 0.1) is 0 Å². The van der Waals surface area contributed by atoms with Gasteiger partial charge in [-0.25, -0.2) is 0 Å². The first kappa shape index (κ1) is 20.7. The summed E-state index contributed by atoms with van der Waals surface area (Å²) >= 11 is -1.68. The fourth-order valence-corrected chi connectivity index (χ4v) is 5.54. The van der Waals surface area contributed by atoms with Gasteiger partial charge in [0, 0.05) is 54.0 Å². The number of alkyl halides is 3. The van der Waals surface area contributed by atoms with Crippen LogP contribution in [0.5, 0.6) is 5.75 Å². The first-order chi connectivity index (χ1) is 14.8. The topological polar surface area (TPSA) is 66.7 Å². The van der Waals surface area contributed by atoms with Crippen LogP contribution in [0.15, 0.2) is 56.7 Å². The standard InChI is InChI=1S/C22H20F3NO4S/c23-22(24,25)30-14-2-1-3-15(12-14)31(27)16-4-5-17-18-6-9-26-21(7-10-28-11-8-21)20(18)29-19(17)13-16/h1-5,12-13,26H,6-11H2. The molecule has 1 aromatic heterocycles. The Labute approximate surface area is 179 Å². The molecule has 1 N–H and O–H groups in total. The highest BCUT2D eigenvalue weighted by Crippen LogP contribution is 2.42. The van der Waals surface area contributed by atoms with E-state index in [1.54, 1.807) is 12.1 Å². The van der Waals surface area contributed by atoms with E-state index in [2.05, 4.69) is 10.1 Å². The fraction of sp³-hybridized carbons (Fsp3) is 0.364. The Kier molecular flexibility index (Phi) is 5.16. The molecule has 2 aromatic carbocycles. The number of hydrogen-bond donors (Lipinski definition) is 1. The van der Waals surface area contributed by atoms with Crippen LogP contribution in [0.2, 0.25) is 0 Å². The zero-order valence-electron chi connectivity index (χ0n) is 16.5. The Morgan fingerprint density at radius 3 is 2.61 bits per heavy atom. The Balaban J connectivity index is 1.49. The van der Waals surface area contributed by atoms with Crippen molar-refractivity contribution in [2.75, 3.05) is 19.8 Å². The molecule has 1 saturated heterocycles. The van der Waals surface area contributed by atoms with Crippen LogP contribution in [-0.4, -0.2) is 30.7 Å². The number of furan rings is 1. The van der Waals surface area contributed by atoms with E-state index in [-0.39, 0.29) is 10.4 Å². The molecule has 5 nitrogen and oxygen atoms in total. The smallest absolute Gasteiger partial charge is 0.573 e. The molecule has 0 radical (unpaired) electrons. The lowest BCUT2D eigenvalue weighted by atomic mass is 9.81. The minimum atomic E-state index is -4.81. The Morgan fingerprint density at radius 1 is 1.06 bits per heavy atom. The van der Waals surface area contributed by atoms with Gasteiger partial charge in [-0.1, -0.05) is 6.07 Å². The van der Waals surface area contributed by atoms with Crippen molar-refractivity contribution in [1.29, 1.82) is 0 Å². The molecule has 0 aliphatic carbocycles. The number of fused-ring (bicyclic) bond motifs is 4. The van der Waals surface area contributed by atoms with E-state index in [1.807, 2.05) is 6.07 Å². The van der Waals surface area contributed by atoms with Crippen LogP contribution in [0.4, 0.5) is 13.2 Å². The molecule has 5 rings (SSSR count). The SMILES string of the molecule is [O-][S+](c1cccc(OC(F)(F)F)c1)c1ccc2c3c(oc2c1)C1(CCOCC1)NCC3. The maximum atomic E-state index is 13.0. The first-order valence-corrected chi connectivity index (χ1v) is 11.2. The van der Waals surface area contributed by atoms with Crippen molar-refractivity contribution in [2.45, 2.75) is 41.0 Å². The van der Waals surface area contributed by atoms with Crippen LogP contribution < -0.4 is 10.1 Å². The predicted octanol–water partition coefficient (Wildman–Crippen LogP) is 4.65. The Morgan fingerprint density at radius 2 is 1.84 bits per heavy atom. The molecule has 31 heavy (non-hydrogen) atoms. The monoisotopic (exact) mass is 451 g/mol. The van der Waals surface area contributed by atoms with E-state index in [0.29, 0.717) is 23.7 Å². The van der Waals surface area contributed by atoms with E-state index in [9.17, 15) is 17.7 Å². The zero-order chi connectivity index (χ0) is 21.6. The summed E-state index contributed by atoms with van der Waals surface area (Å²) < 4.78 is 66.3. The molecule has 2 aliphatic heterocycles. The predicted molar refractivity (Wildman–Crippen MR) is 107 cm³/mol. The molecule has 9 heteroatoms. The molecule has 3 heterocycles. The molecule has 0 saturated carbocycles. The molecule has 1 fully saturated rings. The Hall–Kier alpha value is -2.20. The number of halogens is 3. The molecule has 1 spiro atoms. The number of hydrogen-bond acceptors (Lipinski definition) is 5. The molecular formula is C22H20F3NO4S. The average Bonchev–Trinajstić information content (AvgIpc) is 3.12. The highest BCUT2D eigenvalue weighted by molar-refractivity contribution is 7.91. The largest absolute Gasteiger partial charge is 0.606 e. The molecule has 2 aliphatic rings. The number of benzene rings is 2. The van der Waals surface area contributed by atoms with Crippen molar-refractivity contribution >= 4 is 22.1 Å². The second kappa shape index (κ2) is 7.74. The lowest BCUT2D eigenvalue weighted by molar-refractivity contribution is -0.274. The van der Waals surface area contributed by atoms with Crippen molar-refractivity contribution in [3.05, 3.63) is 53.8 Å². The third kappa shape index (κ3) is 3.91. The quantitative estimate of drug-likeness (QED) is 0.588. The van der Waals surface area contributed by atoms with Gasteiger partial charge in [0.15, 0.2) is 9.79 Å². The summed E-state index contributed by atoms with van der Waals surface area (Å²) in [7, 11) is 0. The first-order valence-electron chi connectivity index (χ1n) is 10.0. The highest BCUT2D eigenvalue weighted by Gasteiger charge is 2.42. The van der Waals surface area contributed by atoms with Crippen molar-refractivity contribution < 1.29 is 31.6 Å². The molecule has 1 atom stereocenters. The summed E-state index contributed by atoms with van der Waals surface area (Å²) in [5.41, 5.74) is 1.55. The van der Waals surface area contributed by atoms with Crippen LogP contribution in [0.3, 0.4) is 0 Å². The van der Waals surface area contributed by atoms with Gasteiger partial charge in [-0.3, -0.25) is 0 Å². The minimum Gasteiger partial charge on any atom is -0.606 e. The number of rotatable bonds is 3. The summed E-state index contributed by atoms with van der Waals surface area (Å²) in [6.07, 6.45) is -2.32. The van der Waals surface area contributed by atoms with Gasteiger partial charge in [-0.2, -0.15) is 0 Å². The molecule has 0 bridgehead atoms. The highest BCUT2D eigenvalue weighted by atomic mass is 32.2. The van der Waals surface area contributed by atoms with Gasteiger partial charge in [-0.15, -0.1) is 13.2 Å². The van der Waals surface area contributed by atoms with Gasteiger partial charge < -0.3 is 23.8 Å². The molecule has 0 amide bonds. The fourth-order valence-electron chi connectivity index (χ4n) is 4.43. The van der Waals surface area contributed by atoms with E-state index < -0.39 is 23.3 Å². The second-order valence-electron chi connectivity index (χ2n) is 7.73. The minimum absolute atomic E-state index is 0.222. The van der Waals surface area contributed by atoms with Crippen LogP contribution in [0.25, 0.3) is 11.0 Å². The number of nitrogens with one attached hydrogen (secondary N) is 1. The maximum absolute atomic E-state index is 13.0. The van der Waals surface area contributed by atoms with Crippen molar-refractivity contribution in [3.8, 4) is 5.75 Å². The average molecular weight is 451 g/mol. The summed E-state index contributed by atoms with van der Waals surface area (Å²) in [6, 6.07) is 10.6. The lowest BCUT2D eigenvalue weighted by Crippen LogP contribution is -2.50. The van der Waals surface area contributed by atoms with Crippen LogP contribution in [0.1, 0.15) is 24.2 Å². The van der Waals surface area contributed by atoms with Gasteiger partial charge >= 0.3 is 6.36 Å². The van der Waals surface area contributed by atoms with E-state index in [1.165, 1.54) is 18.2 Å². The summed E-state index contributed by atoms with van der Waals surface area (Å²) in [5, 5.41) is 4.58. The van der Waals surface area contributed by atoms with E-state index >= 15 is 0 Å². The zero-order valence-corrected chi connectivity index (χ0v) is 17.3. The molecule has 164 valence electrons. The lowest BCUT2D eigenvalue weighted by Gasteiger charge is -2.39. The van der Waals surface area contributed by atoms with Gasteiger partial charge in [0.05, 0.1) is 5.54 Å². The molecule has 1 unspecified atom stereocenters. The third-order valence-corrected chi connectivity index (χ3v) is 7.22. The van der Waals surface area contributed by atoms with Gasteiger partial charge in [0.2, 0.25) is 0 Å². The number of ether oxygens (including phenoxy) is 2. The summed E-state index contributed by atoms with van der Waals surface area (Å²) in [6.45, 7) is 2.17. The maximum Gasteiger partial charge on any atom is 0.573 e. The third-order valence-electron chi connectivity index (χ3n) is 5.85. The molecular weight excluding hydrogens is 431 g/mol. The van der Waals surface area contributed by atoms with Crippen LogP contribution in [-0.2, 0) is 27.9 Å². The summed E-state index contributed by atoms with van der Waals surface area (Å²) in [4.78, 5) is 0.678. The van der Waals surface area contributed by atoms with Crippen molar-refractivity contribution in [2.24, 2.45) is 0 Å². The Bertz CT molecular complexity index is 1110. The van der Waals surface area contributed by atoms with Crippen molar-refractivity contribution in [3.63, 3.8) is 0 Å². The summed E-state index contributed by atoms with van der Waals surface area (Å²) in [5.74, 6) is 0.515. The second-order valence-corrected chi connectivity index (χ2v) is 9.21. The van der Waals surface area contributed by atoms with E-state index in [4.69, 9.17) is 9.15 Å². The molecule has 3 aromatic rings. The van der Waals surface area contributed by atoms with Gasteiger partial charge in [-0.05, 0) is 43.5 Å². The normalized spacial score (nSPS) is 19.4. The van der Waals surface area contributed by atoms with Crippen LogP contribution >= 0.6 is 0 Å². The van der Waals surface area contributed by atoms with Gasteiger partial charge in [0.25, 0.3) is 0 Å².